The highest BCUT2D eigenvalue weighted by Gasteiger charge is 2.37. The Morgan fingerprint density at radius 2 is 1.83 bits per heavy atom. The first-order valence-corrected chi connectivity index (χ1v) is 6.79. The number of amides is 2. The summed E-state index contributed by atoms with van der Waals surface area (Å²) in [5.41, 5.74) is 1.06. The number of hydrogen-bond acceptors (Lipinski definition) is 3. The number of carbonyl (C=O) groups is 3. The van der Waals surface area contributed by atoms with E-state index >= 15 is 0 Å². The Balaban J connectivity index is 2.06. The van der Waals surface area contributed by atoms with E-state index in [0.29, 0.717) is 11.1 Å². The number of fused-ring (bicyclic) bond motifs is 1. The average molecular weight is 342 g/mol. The monoisotopic (exact) mass is 342 g/mol. The molecule has 1 aromatic rings. The van der Waals surface area contributed by atoms with E-state index in [9.17, 15) is 27.6 Å². The third kappa shape index (κ3) is 3.73. The number of hydrogen-bond donors (Lipinski definition) is 2. The number of nitrogens with zero attached hydrogens (tertiary/aromatic N) is 1. The third-order valence-electron chi connectivity index (χ3n) is 3.41. The lowest BCUT2D eigenvalue weighted by Gasteiger charge is -2.20. The first-order valence-electron chi connectivity index (χ1n) is 6.79. The molecule has 0 saturated carbocycles. The summed E-state index contributed by atoms with van der Waals surface area (Å²) in [7, 11) is 0. The molecule has 2 N–H and O–H groups in total. The van der Waals surface area contributed by atoms with Crippen LogP contribution in [0.4, 0.5) is 13.2 Å². The second-order valence-corrected chi connectivity index (χ2v) is 5.16. The maximum atomic E-state index is 12.3. The minimum Gasteiger partial charge on any atom is -0.480 e. The van der Waals surface area contributed by atoms with Crippen molar-refractivity contribution >= 4 is 23.5 Å². The molecule has 0 aliphatic carbocycles. The van der Waals surface area contributed by atoms with Crippen LogP contribution in [0.2, 0.25) is 0 Å². The molecule has 1 aliphatic heterocycles. The van der Waals surface area contributed by atoms with Crippen molar-refractivity contribution in [3.63, 3.8) is 0 Å². The van der Waals surface area contributed by atoms with Gasteiger partial charge in [-0.15, -0.1) is 0 Å². The minimum absolute atomic E-state index is 0.230. The van der Waals surface area contributed by atoms with Crippen molar-refractivity contribution in [3.8, 4) is 0 Å². The molecule has 9 heteroatoms. The summed E-state index contributed by atoms with van der Waals surface area (Å²) >= 11 is 0. The number of benzene rings is 1. The van der Waals surface area contributed by atoms with Gasteiger partial charge in [-0.05, 0) is 6.07 Å². The Labute approximate surface area is 134 Å². The van der Waals surface area contributed by atoms with Crippen LogP contribution < -0.4 is 5.32 Å². The summed E-state index contributed by atoms with van der Waals surface area (Å²) in [6.45, 7) is 3.07. The van der Waals surface area contributed by atoms with Crippen molar-refractivity contribution in [2.24, 2.45) is 0 Å². The van der Waals surface area contributed by atoms with E-state index in [1.54, 1.807) is 23.5 Å². The summed E-state index contributed by atoms with van der Waals surface area (Å²) in [4.78, 5) is 35.9. The topological polar surface area (TPSA) is 86.7 Å². The van der Waals surface area contributed by atoms with Crippen LogP contribution in [0, 0.1) is 0 Å². The van der Waals surface area contributed by atoms with Crippen molar-refractivity contribution in [1.29, 1.82) is 0 Å². The van der Waals surface area contributed by atoms with Gasteiger partial charge in [-0.25, -0.2) is 4.79 Å². The summed E-state index contributed by atoms with van der Waals surface area (Å²) in [5, 5.41) is 10.6. The molecule has 1 unspecified atom stereocenters. The predicted octanol–water partition coefficient (Wildman–Crippen LogP) is 1.63. The molecule has 0 fully saturated rings. The van der Waals surface area contributed by atoms with E-state index in [1.807, 2.05) is 0 Å². The minimum atomic E-state index is -4.75. The van der Waals surface area contributed by atoms with Crippen LogP contribution >= 0.6 is 0 Å². The number of aliphatic carboxylic acids is 1. The first kappa shape index (κ1) is 17.5. The Kier molecular flexibility index (Phi) is 4.63. The molecule has 0 bridgehead atoms. The number of rotatable bonds is 5. The molecule has 0 aromatic heterocycles. The fourth-order valence-corrected chi connectivity index (χ4v) is 2.32. The van der Waals surface area contributed by atoms with E-state index in [4.69, 9.17) is 5.11 Å². The highest BCUT2D eigenvalue weighted by molar-refractivity contribution is 6.10. The molecule has 6 nitrogen and oxygen atoms in total. The van der Waals surface area contributed by atoms with Crippen LogP contribution in [0.1, 0.15) is 22.3 Å². The molecular weight excluding hydrogens is 329 g/mol. The number of halogens is 3. The lowest BCUT2D eigenvalue weighted by Crippen LogP contribution is -2.47. The number of carboxylic acid groups (broad SMARTS) is 1. The molecule has 2 rings (SSSR count). The Bertz CT molecular complexity index is 680. The van der Waals surface area contributed by atoms with Gasteiger partial charge in [0.25, 0.3) is 5.91 Å². The van der Waals surface area contributed by atoms with Gasteiger partial charge in [-0.1, -0.05) is 24.8 Å². The van der Waals surface area contributed by atoms with Gasteiger partial charge in [0, 0.05) is 16.8 Å². The normalized spacial score (nSPS) is 15.2. The standard InChI is InChI=1S/C15H13F3N2O4/c1-8-9-4-2-3-5-10(9)13(22)20(8)7-12(21)19-11(14(23)24)6-15(16,17)18/h2-5,11H,1,6-7H2,(H,19,21)(H,23,24). The fraction of sp³-hybridized carbons (Fsp3) is 0.267. The zero-order valence-corrected chi connectivity index (χ0v) is 12.3. The van der Waals surface area contributed by atoms with E-state index in [-0.39, 0.29) is 5.70 Å². The molecule has 0 radical (unpaired) electrons. The van der Waals surface area contributed by atoms with Gasteiger partial charge in [-0.2, -0.15) is 13.2 Å². The van der Waals surface area contributed by atoms with Crippen LogP contribution in [0.25, 0.3) is 5.70 Å². The van der Waals surface area contributed by atoms with Crippen LogP contribution in [-0.4, -0.2) is 46.6 Å². The number of alkyl halides is 3. The van der Waals surface area contributed by atoms with Gasteiger partial charge in [0.2, 0.25) is 5.91 Å². The maximum absolute atomic E-state index is 12.3. The third-order valence-corrected chi connectivity index (χ3v) is 3.41. The SMILES string of the molecule is C=C1c2ccccc2C(=O)N1CC(=O)NC(CC(F)(F)F)C(=O)O. The Morgan fingerprint density at radius 3 is 2.33 bits per heavy atom. The smallest absolute Gasteiger partial charge is 0.391 e. The Morgan fingerprint density at radius 1 is 1.25 bits per heavy atom. The van der Waals surface area contributed by atoms with Gasteiger partial charge >= 0.3 is 12.1 Å². The average Bonchev–Trinajstić information content (AvgIpc) is 2.71. The number of carboxylic acids is 1. The van der Waals surface area contributed by atoms with Crippen molar-refractivity contribution < 1.29 is 32.7 Å². The summed E-state index contributed by atoms with van der Waals surface area (Å²) in [6, 6.07) is 4.33. The summed E-state index contributed by atoms with van der Waals surface area (Å²) in [6.07, 6.45) is -6.46. The lowest BCUT2D eigenvalue weighted by atomic mass is 10.1. The maximum Gasteiger partial charge on any atom is 0.391 e. The molecule has 24 heavy (non-hydrogen) atoms. The van der Waals surface area contributed by atoms with Crippen LogP contribution in [0.5, 0.6) is 0 Å². The van der Waals surface area contributed by atoms with Crippen LogP contribution in [-0.2, 0) is 9.59 Å². The van der Waals surface area contributed by atoms with E-state index in [0.717, 1.165) is 4.90 Å². The van der Waals surface area contributed by atoms with Crippen molar-refractivity contribution in [2.75, 3.05) is 6.54 Å². The van der Waals surface area contributed by atoms with Crippen LogP contribution in [0.15, 0.2) is 30.8 Å². The van der Waals surface area contributed by atoms with E-state index < -0.39 is 43.0 Å². The highest BCUT2D eigenvalue weighted by Crippen LogP contribution is 2.30. The van der Waals surface area contributed by atoms with Gasteiger partial charge in [0.05, 0.1) is 6.42 Å². The zero-order valence-electron chi connectivity index (χ0n) is 12.3. The predicted molar refractivity (Wildman–Crippen MR) is 76.8 cm³/mol. The molecule has 1 atom stereocenters. The van der Waals surface area contributed by atoms with E-state index in [1.165, 1.54) is 6.07 Å². The lowest BCUT2D eigenvalue weighted by molar-refractivity contribution is -0.160. The fourth-order valence-electron chi connectivity index (χ4n) is 2.32. The van der Waals surface area contributed by atoms with Crippen molar-refractivity contribution in [3.05, 3.63) is 42.0 Å². The van der Waals surface area contributed by atoms with Crippen molar-refractivity contribution in [2.45, 2.75) is 18.6 Å². The van der Waals surface area contributed by atoms with Gasteiger partial charge in [0.15, 0.2) is 0 Å². The zero-order chi connectivity index (χ0) is 18.1. The van der Waals surface area contributed by atoms with Gasteiger partial charge in [0.1, 0.15) is 12.6 Å². The first-order chi connectivity index (χ1) is 11.1. The number of carbonyl (C=O) groups excluding carboxylic acids is 2. The quantitative estimate of drug-likeness (QED) is 0.852. The molecular formula is C15H13F3N2O4. The highest BCUT2D eigenvalue weighted by atomic mass is 19.4. The largest absolute Gasteiger partial charge is 0.480 e. The van der Waals surface area contributed by atoms with Gasteiger partial charge < -0.3 is 10.4 Å². The molecule has 2 amide bonds. The molecule has 1 heterocycles. The van der Waals surface area contributed by atoms with Gasteiger partial charge in [-0.3, -0.25) is 14.5 Å². The second kappa shape index (κ2) is 6.34. The summed E-state index contributed by atoms with van der Waals surface area (Å²) < 4.78 is 37.0. The number of nitrogens with one attached hydrogen (secondary N) is 1. The molecule has 1 aliphatic rings. The molecule has 128 valence electrons. The molecule has 0 spiro atoms. The molecule has 0 saturated heterocycles. The Hall–Kier alpha value is -2.84. The van der Waals surface area contributed by atoms with E-state index in [2.05, 4.69) is 6.58 Å². The summed E-state index contributed by atoms with van der Waals surface area (Å²) in [5.74, 6) is -3.35. The molecule has 1 aromatic carbocycles. The van der Waals surface area contributed by atoms with Crippen LogP contribution in [0.3, 0.4) is 0 Å². The van der Waals surface area contributed by atoms with Crippen molar-refractivity contribution in [1.82, 2.24) is 10.2 Å². The second-order valence-electron chi connectivity index (χ2n) is 5.16.